The lowest BCUT2D eigenvalue weighted by molar-refractivity contribution is -0.245. The molecule has 45 heavy (non-hydrogen) atoms. The van der Waals surface area contributed by atoms with Crippen LogP contribution in [-0.4, -0.2) is 35.6 Å². The SMILES string of the molecule is Cc1nnc(SC[C@@H]2C[C@H](c3ccc(CO)cc3)O[C@H](c3cccc(-c4cccc(CNS(=O)(=O)c5ccccc5)c4)c3)O2)s1. The first-order chi connectivity index (χ1) is 21.9. The van der Waals surface area contributed by atoms with E-state index in [0.717, 1.165) is 42.7 Å². The predicted octanol–water partition coefficient (Wildman–Crippen LogP) is 6.82. The Bertz CT molecular complexity index is 1830. The van der Waals surface area contributed by atoms with E-state index in [9.17, 15) is 13.5 Å². The second-order valence-electron chi connectivity index (χ2n) is 10.7. The van der Waals surface area contributed by atoms with Crippen molar-refractivity contribution in [2.75, 3.05) is 5.75 Å². The van der Waals surface area contributed by atoms with E-state index >= 15 is 0 Å². The smallest absolute Gasteiger partial charge is 0.240 e. The normalized spacial score (nSPS) is 18.6. The van der Waals surface area contributed by atoms with Gasteiger partial charge in [0, 0.05) is 24.3 Å². The summed E-state index contributed by atoms with van der Waals surface area (Å²) in [6.07, 6.45) is -0.197. The molecule has 1 aliphatic rings. The summed E-state index contributed by atoms with van der Waals surface area (Å²) in [6.45, 7) is 2.11. The van der Waals surface area contributed by atoms with Crippen LogP contribution < -0.4 is 4.72 Å². The monoisotopic (exact) mass is 659 g/mol. The van der Waals surface area contributed by atoms with Crippen LogP contribution in [0.1, 0.15) is 46.1 Å². The van der Waals surface area contributed by atoms with E-state index in [1.54, 1.807) is 53.4 Å². The number of aliphatic hydroxyl groups is 1. The van der Waals surface area contributed by atoms with Crippen LogP contribution in [0.25, 0.3) is 11.1 Å². The molecule has 2 heterocycles. The van der Waals surface area contributed by atoms with Gasteiger partial charge < -0.3 is 14.6 Å². The summed E-state index contributed by atoms with van der Waals surface area (Å²) in [5, 5.41) is 18.8. The molecule has 1 saturated heterocycles. The number of sulfonamides is 1. The zero-order valence-electron chi connectivity index (χ0n) is 24.6. The largest absolute Gasteiger partial charge is 0.392 e. The lowest BCUT2D eigenvalue weighted by Gasteiger charge is -2.36. The molecule has 0 spiro atoms. The molecular weight excluding hydrogens is 627 g/mol. The summed E-state index contributed by atoms with van der Waals surface area (Å²) < 4.78 is 42.2. The fourth-order valence-corrected chi connectivity index (χ4v) is 8.01. The summed E-state index contributed by atoms with van der Waals surface area (Å²) >= 11 is 3.21. The van der Waals surface area contributed by atoms with Crippen molar-refractivity contribution in [1.82, 2.24) is 14.9 Å². The third kappa shape index (κ3) is 8.06. The summed E-state index contributed by atoms with van der Waals surface area (Å²) in [5.41, 5.74) is 5.54. The lowest BCUT2D eigenvalue weighted by Crippen LogP contribution is -2.31. The number of nitrogens with one attached hydrogen (secondary N) is 1. The Balaban J connectivity index is 1.21. The van der Waals surface area contributed by atoms with E-state index in [1.165, 1.54) is 0 Å². The van der Waals surface area contributed by atoms with Crippen molar-refractivity contribution in [1.29, 1.82) is 0 Å². The zero-order valence-corrected chi connectivity index (χ0v) is 27.0. The highest BCUT2D eigenvalue weighted by Crippen LogP contribution is 2.40. The minimum Gasteiger partial charge on any atom is -0.392 e. The van der Waals surface area contributed by atoms with Crippen molar-refractivity contribution in [2.45, 2.75) is 54.2 Å². The van der Waals surface area contributed by atoms with Gasteiger partial charge in [-0.25, -0.2) is 13.1 Å². The van der Waals surface area contributed by atoms with Gasteiger partial charge in [0.15, 0.2) is 10.6 Å². The highest BCUT2D eigenvalue weighted by Gasteiger charge is 2.32. The minimum absolute atomic E-state index is 0.00896. The average Bonchev–Trinajstić information content (AvgIpc) is 3.51. The van der Waals surface area contributed by atoms with Gasteiger partial charge >= 0.3 is 0 Å². The van der Waals surface area contributed by atoms with Crippen LogP contribution in [-0.2, 0) is 32.6 Å². The number of hydrogen-bond donors (Lipinski definition) is 2. The second kappa shape index (κ2) is 14.3. The Hall–Kier alpha value is -3.42. The van der Waals surface area contributed by atoms with Gasteiger partial charge in [-0.1, -0.05) is 102 Å². The standard InChI is InChI=1S/C34H33N3O5S3/c1-23-36-37-34(44-23)43-22-30-19-32(26-15-13-24(21-38)14-16-26)42-33(41-30)29-10-6-9-28(18-29)27-8-5-7-25(17-27)20-35-45(39,40)31-11-3-2-4-12-31/h2-18,30,32-33,35,38H,19-22H2,1H3/t30-,32+,33+/m0/s1. The molecule has 0 amide bonds. The van der Waals surface area contributed by atoms with Crippen molar-refractivity contribution in [3.05, 3.63) is 130 Å². The number of thioether (sulfide) groups is 1. The number of hydrogen-bond acceptors (Lipinski definition) is 9. The van der Waals surface area contributed by atoms with E-state index < -0.39 is 16.3 Å². The van der Waals surface area contributed by atoms with Crippen LogP contribution in [0.5, 0.6) is 0 Å². The fraction of sp³-hybridized carbons (Fsp3) is 0.235. The topological polar surface area (TPSA) is 111 Å². The van der Waals surface area contributed by atoms with Gasteiger partial charge in [-0.2, -0.15) is 0 Å². The molecule has 4 aromatic carbocycles. The molecule has 8 nitrogen and oxygen atoms in total. The molecular formula is C34H33N3O5S3. The molecule has 2 N–H and O–H groups in total. The van der Waals surface area contributed by atoms with Gasteiger partial charge in [-0.15, -0.1) is 10.2 Å². The van der Waals surface area contributed by atoms with Gasteiger partial charge in [0.05, 0.1) is 23.7 Å². The summed E-state index contributed by atoms with van der Waals surface area (Å²) in [5.74, 6) is 0.709. The average molecular weight is 660 g/mol. The molecule has 0 unspecified atom stereocenters. The number of aromatic nitrogens is 2. The molecule has 1 aliphatic heterocycles. The number of aryl methyl sites for hydroxylation is 1. The Kier molecular flexibility index (Phi) is 10.1. The van der Waals surface area contributed by atoms with Gasteiger partial charge in [0.25, 0.3) is 0 Å². The second-order valence-corrected chi connectivity index (χ2v) is 14.9. The maximum atomic E-state index is 12.7. The molecule has 6 rings (SSSR count). The van der Waals surface area contributed by atoms with Crippen LogP contribution in [0.2, 0.25) is 0 Å². The highest BCUT2D eigenvalue weighted by atomic mass is 32.2. The van der Waals surface area contributed by atoms with Crippen LogP contribution in [0.4, 0.5) is 0 Å². The molecule has 0 radical (unpaired) electrons. The Morgan fingerprint density at radius 1 is 0.867 bits per heavy atom. The molecule has 0 aliphatic carbocycles. The molecule has 11 heteroatoms. The molecule has 1 fully saturated rings. The van der Waals surface area contributed by atoms with Crippen LogP contribution in [0, 0.1) is 6.92 Å². The highest BCUT2D eigenvalue weighted by molar-refractivity contribution is 8.01. The molecule has 5 aromatic rings. The minimum atomic E-state index is -3.62. The van der Waals surface area contributed by atoms with Crippen molar-refractivity contribution < 1.29 is 23.0 Å². The number of ether oxygens (including phenoxy) is 2. The first kappa shape index (κ1) is 31.6. The van der Waals surface area contributed by atoms with Gasteiger partial charge in [-0.3, -0.25) is 0 Å². The Labute approximate surface area is 271 Å². The van der Waals surface area contributed by atoms with Gasteiger partial charge in [0.1, 0.15) is 5.01 Å². The molecule has 3 atom stereocenters. The van der Waals surface area contributed by atoms with Crippen molar-refractivity contribution in [3.8, 4) is 11.1 Å². The fourth-order valence-electron chi connectivity index (χ4n) is 5.11. The summed E-state index contributed by atoms with van der Waals surface area (Å²) in [6, 6.07) is 32.1. The third-order valence-electron chi connectivity index (χ3n) is 7.45. The quantitative estimate of drug-likeness (QED) is 0.149. The maximum absolute atomic E-state index is 12.7. The number of benzene rings is 4. The number of nitrogens with zero attached hydrogens (tertiary/aromatic N) is 2. The Morgan fingerprint density at radius 3 is 2.36 bits per heavy atom. The molecule has 1 aromatic heterocycles. The van der Waals surface area contributed by atoms with E-state index in [2.05, 4.69) is 21.0 Å². The van der Waals surface area contributed by atoms with E-state index in [0.29, 0.717) is 12.2 Å². The predicted molar refractivity (Wildman–Crippen MR) is 176 cm³/mol. The molecule has 0 bridgehead atoms. The first-order valence-electron chi connectivity index (χ1n) is 14.5. The summed E-state index contributed by atoms with van der Waals surface area (Å²) in [4.78, 5) is 0.235. The third-order valence-corrected chi connectivity index (χ3v) is 11.0. The van der Waals surface area contributed by atoms with Crippen molar-refractivity contribution in [3.63, 3.8) is 0 Å². The van der Waals surface area contributed by atoms with Crippen LogP contribution in [0.15, 0.2) is 112 Å². The van der Waals surface area contributed by atoms with Crippen LogP contribution >= 0.6 is 23.1 Å². The van der Waals surface area contributed by atoms with Gasteiger partial charge in [0.2, 0.25) is 10.0 Å². The first-order valence-corrected chi connectivity index (χ1v) is 17.8. The van der Waals surface area contributed by atoms with Crippen molar-refractivity contribution in [2.24, 2.45) is 0 Å². The van der Waals surface area contributed by atoms with Crippen LogP contribution in [0.3, 0.4) is 0 Å². The van der Waals surface area contributed by atoms with Gasteiger partial charge in [-0.05, 0) is 59.0 Å². The maximum Gasteiger partial charge on any atom is 0.240 e. The summed E-state index contributed by atoms with van der Waals surface area (Å²) in [7, 11) is -3.62. The Morgan fingerprint density at radius 2 is 1.62 bits per heavy atom. The van der Waals surface area contributed by atoms with Crippen molar-refractivity contribution >= 4 is 33.1 Å². The molecule has 232 valence electrons. The van der Waals surface area contributed by atoms with E-state index in [4.69, 9.17) is 9.47 Å². The number of rotatable bonds is 11. The van der Waals surface area contributed by atoms with E-state index in [1.807, 2.05) is 73.7 Å². The van der Waals surface area contributed by atoms with E-state index in [-0.39, 0.29) is 30.3 Å². The zero-order chi connectivity index (χ0) is 31.2. The molecule has 0 saturated carbocycles. The lowest BCUT2D eigenvalue weighted by atomic mass is 9.99. The number of aliphatic hydroxyl groups excluding tert-OH is 1.